The first-order chi connectivity index (χ1) is 4.04. The van der Waals surface area contributed by atoms with Crippen LogP contribution in [-0.4, -0.2) is 0 Å². The van der Waals surface area contributed by atoms with Crippen LogP contribution in [0.5, 0.6) is 0 Å². The Morgan fingerprint density at radius 2 is 1.89 bits per heavy atom. The van der Waals surface area contributed by atoms with Crippen LogP contribution in [0.1, 0.15) is 40.5 Å². The van der Waals surface area contributed by atoms with Gasteiger partial charge in [0.2, 0.25) is 0 Å². The quantitative estimate of drug-likeness (QED) is 0.506. The zero-order valence-corrected chi connectivity index (χ0v) is 7.07. The molecule has 1 rings (SSSR count). The molecular weight excluding hydrogens is 108 g/mol. The normalized spacial score (nSPS) is 32.3. The Kier molecular flexibility index (Phi) is 1.58. The van der Waals surface area contributed by atoms with Crippen molar-refractivity contribution in [2.24, 2.45) is 17.3 Å². The van der Waals surface area contributed by atoms with Crippen LogP contribution in [0.2, 0.25) is 0 Å². The zero-order chi connectivity index (χ0) is 7.07. The molecule has 9 heavy (non-hydrogen) atoms. The lowest BCUT2D eigenvalue weighted by Gasteiger charge is -2.47. The van der Waals surface area contributed by atoms with Crippen molar-refractivity contribution in [3.63, 3.8) is 0 Å². The van der Waals surface area contributed by atoms with Crippen LogP contribution in [0.15, 0.2) is 0 Å². The summed E-state index contributed by atoms with van der Waals surface area (Å²) in [5.74, 6) is 1.89. The molecule has 0 aromatic rings. The van der Waals surface area contributed by atoms with Gasteiger partial charge in [-0.2, -0.15) is 0 Å². The second-order valence-electron chi connectivity index (χ2n) is 4.38. The Hall–Kier alpha value is 0. The number of hydrogen-bond donors (Lipinski definition) is 0. The maximum Gasteiger partial charge on any atom is -0.0323 e. The molecule has 1 atom stereocenters. The molecule has 1 saturated carbocycles. The lowest BCUT2D eigenvalue weighted by atomic mass is 9.58. The summed E-state index contributed by atoms with van der Waals surface area (Å²) in [6.07, 6.45) is 2.90. The van der Waals surface area contributed by atoms with E-state index in [0.717, 1.165) is 11.8 Å². The van der Waals surface area contributed by atoms with Gasteiger partial charge in [0, 0.05) is 0 Å². The monoisotopic (exact) mass is 126 g/mol. The third-order valence-electron chi connectivity index (χ3n) is 2.91. The summed E-state index contributed by atoms with van der Waals surface area (Å²) < 4.78 is 0. The molecule has 54 valence electrons. The molecule has 0 saturated heterocycles. The molecule has 0 aliphatic heterocycles. The highest BCUT2D eigenvalue weighted by Crippen LogP contribution is 2.49. The Labute approximate surface area is 58.7 Å². The maximum absolute atomic E-state index is 2.39. The van der Waals surface area contributed by atoms with E-state index in [1.54, 1.807) is 0 Å². The minimum absolute atomic E-state index is 0.661. The molecule has 0 spiro atoms. The summed E-state index contributed by atoms with van der Waals surface area (Å²) >= 11 is 0. The van der Waals surface area contributed by atoms with Gasteiger partial charge in [-0.3, -0.25) is 0 Å². The predicted octanol–water partition coefficient (Wildman–Crippen LogP) is 3.08. The van der Waals surface area contributed by atoms with Crippen molar-refractivity contribution in [2.75, 3.05) is 0 Å². The van der Waals surface area contributed by atoms with E-state index in [1.807, 2.05) is 0 Å². The molecule has 1 aliphatic carbocycles. The van der Waals surface area contributed by atoms with Crippen molar-refractivity contribution in [1.29, 1.82) is 0 Å². The molecule has 0 nitrogen and oxygen atoms in total. The van der Waals surface area contributed by atoms with Gasteiger partial charge >= 0.3 is 0 Å². The predicted molar refractivity (Wildman–Crippen MR) is 41.3 cm³/mol. The largest absolute Gasteiger partial charge is 0.0625 e. The standard InChI is InChI=1S/C9H18/c1-7(2)8-5-6-9(8,3)4/h7-8H,5-6H2,1-4H3. The van der Waals surface area contributed by atoms with Gasteiger partial charge in [-0.15, -0.1) is 0 Å². The lowest BCUT2D eigenvalue weighted by molar-refractivity contribution is 0.0330. The van der Waals surface area contributed by atoms with Crippen LogP contribution >= 0.6 is 0 Å². The number of hydrogen-bond acceptors (Lipinski definition) is 0. The molecule has 1 fully saturated rings. The highest BCUT2D eigenvalue weighted by Gasteiger charge is 2.39. The second-order valence-corrected chi connectivity index (χ2v) is 4.38. The van der Waals surface area contributed by atoms with Crippen LogP contribution < -0.4 is 0 Å². The first-order valence-corrected chi connectivity index (χ1v) is 4.04. The van der Waals surface area contributed by atoms with E-state index >= 15 is 0 Å². The van der Waals surface area contributed by atoms with E-state index in [2.05, 4.69) is 27.7 Å². The highest BCUT2D eigenvalue weighted by atomic mass is 14.4. The molecule has 0 aromatic carbocycles. The van der Waals surface area contributed by atoms with Crippen molar-refractivity contribution < 1.29 is 0 Å². The highest BCUT2D eigenvalue weighted by molar-refractivity contribution is 4.89. The Bertz CT molecular complexity index is 101. The third kappa shape index (κ3) is 1.12. The van der Waals surface area contributed by atoms with Crippen LogP contribution in [0.3, 0.4) is 0 Å². The van der Waals surface area contributed by atoms with Crippen molar-refractivity contribution >= 4 is 0 Å². The first kappa shape index (κ1) is 7.11. The molecule has 0 heterocycles. The van der Waals surface area contributed by atoms with E-state index in [4.69, 9.17) is 0 Å². The topological polar surface area (TPSA) is 0 Å². The van der Waals surface area contributed by atoms with E-state index in [0.29, 0.717) is 5.41 Å². The third-order valence-corrected chi connectivity index (χ3v) is 2.91. The first-order valence-electron chi connectivity index (χ1n) is 4.04. The molecule has 0 heteroatoms. The van der Waals surface area contributed by atoms with Crippen LogP contribution in [-0.2, 0) is 0 Å². The summed E-state index contributed by atoms with van der Waals surface area (Å²) in [4.78, 5) is 0. The summed E-state index contributed by atoms with van der Waals surface area (Å²) in [6, 6.07) is 0. The van der Waals surface area contributed by atoms with E-state index in [1.165, 1.54) is 12.8 Å². The van der Waals surface area contributed by atoms with Gasteiger partial charge in [-0.05, 0) is 30.1 Å². The van der Waals surface area contributed by atoms with Gasteiger partial charge in [0.1, 0.15) is 0 Å². The molecule has 0 aromatic heterocycles. The SMILES string of the molecule is CC(C)C1CCC1(C)C. The van der Waals surface area contributed by atoms with E-state index in [-0.39, 0.29) is 0 Å². The van der Waals surface area contributed by atoms with Crippen molar-refractivity contribution in [2.45, 2.75) is 40.5 Å². The molecular formula is C9H18. The molecule has 1 aliphatic rings. The summed E-state index contributed by atoms with van der Waals surface area (Å²) in [5.41, 5.74) is 0.661. The smallest absolute Gasteiger partial charge is 0.0323 e. The Balaban J connectivity index is 2.45. The minimum Gasteiger partial charge on any atom is -0.0625 e. The van der Waals surface area contributed by atoms with E-state index < -0.39 is 0 Å². The van der Waals surface area contributed by atoms with Crippen molar-refractivity contribution in [1.82, 2.24) is 0 Å². The fourth-order valence-corrected chi connectivity index (χ4v) is 2.12. The molecule has 1 unspecified atom stereocenters. The Morgan fingerprint density at radius 1 is 1.33 bits per heavy atom. The van der Waals surface area contributed by atoms with E-state index in [9.17, 15) is 0 Å². The molecule has 0 amide bonds. The van der Waals surface area contributed by atoms with Gasteiger partial charge in [0.15, 0.2) is 0 Å². The molecule has 0 bridgehead atoms. The average Bonchev–Trinajstić information content (AvgIpc) is 1.62. The Morgan fingerprint density at radius 3 is 1.89 bits per heavy atom. The van der Waals surface area contributed by atoms with Gasteiger partial charge in [-0.1, -0.05) is 27.7 Å². The van der Waals surface area contributed by atoms with Crippen molar-refractivity contribution in [3.8, 4) is 0 Å². The van der Waals surface area contributed by atoms with Crippen LogP contribution in [0, 0.1) is 17.3 Å². The number of rotatable bonds is 1. The summed E-state index contributed by atoms with van der Waals surface area (Å²) in [6.45, 7) is 9.46. The fourth-order valence-electron chi connectivity index (χ4n) is 2.12. The maximum atomic E-state index is 2.39. The second kappa shape index (κ2) is 2.00. The average molecular weight is 126 g/mol. The minimum atomic E-state index is 0.661. The van der Waals surface area contributed by atoms with Crippen LogP contribution in [0.25, 0.3) is 0 Å². The van der Waals surface area contributed by atoms with Gasteiger partial charge in [-0.25, -0.2) is 0 Å². The van der Waals surface area contributed by atoms with Crippen LogP contribution in [0.4, 0.5) is 0 Å². The fraction of sp³-hybridized carbons (Fsp3) is 1.00. The van der Waals surface area contributed by atoms with Gasteiger partial charge in [0.05, 0.1) is 0 Å². The zero-order valence-electron chi connectivity index (χ0n) is 7.07. The molecule has 0 N–H and O–H groups in total. The lowest BCUT2D eigenvalue weighted by Crippen LogP contribution is -2.37. The van der Waals surface area contributed by atoms with Gasteiger partial charge < -0.3 is 0 Å². The summed E-state index contributed by atoms with van der Waals surface area (Å²) in [7, 11) is 0. The molecule has 0 radical (unpaired) electrons. The summed E-state index contributed by atoms with van der Waals surface area (Å²) in [5, 5.41) is 0. The van der Waals surface area contributed by atoms with Crippen molar-refractivity contribution in [3.05, 3.63) is 0 Å². The van der Waals surface area contributed by atoms with Gasteiger partial charge in [0.25, 0.3) is 0 Å².